The molecule has 0 bridgehead atoms. The smallest absolute Gasteiger partial charge is 0.242 e. The minimum atomic E-state index is -3.50. The first kappa shape index (κ1) is 28.4. The molecule has 0 heterocycles. The molecule has 0 saturated carbocycles. The minimum Gasteiger partial charge on any atom is -0.352 e. The van der Waals surface area contributed by atoms with Crippen LogP contribution in [0.15, 0.2) is 48.5 Å². The zero-order valence-corrected chi connectivity index (χ0v) is 22.6. The monoisotopic (exact) mass is 501 g/mol. The van der Waals surface area contributed by atoms with E-state index in [1.807, 2.05) is 64.1 Å². The van der Waals surface area contributed by atoms with Crippen molar-refractivity contribution in [3.05, 3.63) is 65.2 Å². The molecule has 2 aromatic carbocycles. The zero-order valence-electron chi connectivity index (χ0n) is 21.7. The highest BCUT2D eigenvalue weighted by molar-refractivity contribution is 7.92. The number of hydrogen-bond acceptors (Lipinski definition) is 4. The molecule has 0 fully saturated rings. The van der Waals surface area contributed by atoms with Crippen LogP contribution >= 0.6 is 0 Å². The Morgan fingerprint density at radius 1 is 0.943 bits per heavy atom. The number of nitrogens with zero attached hydrogens (tertiary/aromatic N) is 2. The number of sulfonamides is 1. The molecular formula is C27H39N3O4S. The molecule has 0 aromatic heterocycles. The van der Waals surface area contributed by atoms with Gasteiger partial charge in [0.1, 0.15) is 6.04 Å². The summed E-state index contributed by atoms with van der Waals surface area (Å²) in [5.41, 5.74) is 3.66. The summed E-state index contributed by atoms with van der Waals surface area (Å²) < 4.78 is 26.1. The van der Waals surface area contributed by atoms with Gasteiger partial charge in [0.2, 0.25) is 21.8 Å². The molecule has 2 atom stereocenters. The summed E-state index contributed by atoms with van der Waals surface area (Å²) >= 11 is 0. The fraction of sp³-hybridized carbons (Fsp3) is 0.481. The average molecular weight is 502 g/mol. The molecule has 0 saturated heterocycles. The van der Waals surface area contributed by atoms with Gasteiger partial charge in [-0.3, -0.25) is 13.9 Å². The zero-order chi connectivity index (χ0) is 26.2. The van der Waals surface area contributed by atoms with Gasteiger partial charge in [0, 0.05) is 25.6 Å². The first-order valence-corrected chi connectivity index (χ1v) is 14.0. The maximum absolute atomic E-state index is 13.3. The molecule has 7 nitrogen and oxygen atoms in total. The first-order valence-electron chi connectivity index (χ1n) is 12.1. The van der Waals surface area contributed by atoms with E-state index in [1.165, 1.54) is 10.6 Å². The number of aryl methyl sites for hydroxylation is 2. The van der Waals surface area contributed by atoms with E-state index in [1.54, 1.807) is 24.0 Å². The summed E-state index contributed by atoms with van der Waals surface area (Å²) in [6.07, 6.45) is 2.43. The number of rotatable bonds is 12. The van der Waals surface area contributed by atoms with E-state index >= 15 is 0 Å². The van der Waals surface area contributed by atoms with Crippen LogP contribution in [0.25, 0.3) is 0 Å². The van der Waals surface area contributed by atoms with Crippen LogP contribution in [0.3, 0.4) is 0 Å². The van der Waals surface area contributed by atoms with Crippen LogP contribution in [-0.2, 0) is 26.2 Å². The molecule has 1 N–H and O–H groups in total. The summed E-state index contributed by atoms with van der Waals surface area (Å²) in [5, 5.41) is 2.96. The summed E-state index contributed by atoms with van der Waals surface area (Å²) in [6.45, 7) is 10.1. The predicted octanol–water partition coefficient (Wildman–Crippen LogP) is 4.18. The molecule has 192 valence electrons. The van der Waals surface area contributed by atoms with E-state index in [9.17, 15) is 18.0 Å². The van der Waals surface area contributed by atoms with Gasteiger partial charge >= 0.3 is 0 Å². The van der Waals surface area contributed by atoms with Gasteiger partial charge in [-0.05, 0) is 58.2 Å². The number of nitrogens with one attached hydrogen (secondary N) is 1. The molecule has 0 aliphatic carbocycles. The van der Waals surface area contributed by atoms with Gasteiger partial charge in [-0.2, -0.15) is 0 Å². The summed E-state index contributed by atoms with van der Waals surface area (Å²) in [6, 6.07) is 14.5. The quantitative estimate of drug-likeness (QED) is 0.473. The SMILES string of the molecule is CCC(C)NC(=O)C(C)N(Cc1ccc(C)cc1)C(=O)CCCN(c1ccc(C)cc1)S(C)(=O)=O. The molecule has 2 unspecified atom stereocenters. The second kappa shape index (κ2) is 12.7. The Bertz CT molecular complexity index is 1080. The third-order valence-electron chi connectivity index (χ3n) is 6.12. The molecule has 0 aliphatic heterocycles. The molecule has 35 heavy (non-hydrogen) atoms. The van der Waals surface area contributed by atoms with Gasteiger partial charge in [-0.15, -0.1) is 0 Å². The Hall–Kier alpha value is -2.87. The second-order valence-corrected chi connectivity index (χ2v) is 11.2. The Morgan fingerprint density at radius 2 is 1.49 bits per heavy atom. The van der Waals surface area contributed by atoms with Crippen molar-refractivity contribution in [1.29, 1.82) is 0 Å². The Labute approximate surface area is 210 Å². The second-order valence-electron chi connectivity index (χ2n) is 9.28. The normalized spacial score (nSPS) is 13.1. The molecule has 0 radical (unpaired) electrons. The number of anilines is 1. The van der Waals surface area contributed by atoms with Gasteiger partial charge in [0.25, 0.3) is 0 Å². The average Bonchev–Trinajstić information content (AvgIpc) is 2.80. The van der Waals surface area contributed by atoms with Crippen LogP contribution in [-0.4, -0.2) is 50.0 Å². The van der Waals surface area contributed by atoms with Gasteiger partial charge in [0.05, 0.1) is 11.9 Å². The highest BCUT2D eigenvalue weighted by atomic mass is 32.2. The van der Waals surface area contributed by atoms with E-state index in [0.717, 1.165) is 23.1 Å². The van der Waals surface area contributed by atoms with Crippen molar-refractivity contribution in [3.8, 4) is 0 Å². The molecule has 2 aromatic rings. The lowest BCUT2D eigenvalue weighted by Gasteiger charge is -2.30. The Kier molecular flexibility index (Phi) is 10.3. The van der Waals surface area contributed by atoms with Gasteiger partial charge in [-0.1, -0.05) is 54.4 Å². The maximum atomic E-state index is 13.3. The van der Waals surface area contributed by atoms with Crippen molar-refractivity contribution >= 4 is 27.5 Å². The summed E-state index contributed by atoms with van der Waals surface area (Å²) in [7, 11) is -3.50. The minimum absolute atomic E-state index is 0.0131. The van der Waals surface area contributed by atoms with Gasteiger partial charge in [0.15, 0.2) is 0 Å². The van der Waals surface area contributed by atoms with Crippen molar-refractivity contribution in [2.45, 2.75) is 72.5 Å². The molecule has 0 spiro atoms. The van der Waals surface area contributed by atoms with Gasteiger partial charge in [-0.25, -0.2) is 8.42 Å². The highest BCUT2D eigenvalue weighted by Crippen LogP contribution is 2.20. The van der Waals surface area contributed by atoms with Crippen molar-refractivity contribution < 1.29 is 18.0 Å². The number of carbonyl (C=O) groups is 2. The summed E-state index contributed by atoms with van der Waals surface area (Å²) in [5.74, 6) is -0.382. The third kappa shape index (κ3) is 8.69. The van der Waals surface area contributed by atoms with Crippen molar-refractivity contribution in [2.24, 2.45) is 0 Å². The maximum Gasteiger partial charge on any atom is 0.242 e. The van der Waals surface area contributed by atoms with Crippen LogP contribution in [0.4, 0.5) is 5.69 Å². The lowest BCUT2D eigenvalue weighted by Crippen LogP contribution is -2.49. The van der Waals surface area contributed by atoms with Crippen molar-refractivity contribution in [1.82, 2.24) is 10.2 Å². The van der Waals surface area contributed by atoms with Crippen molar-refractivity contribution in [3.63, 3.8) is 0 Å². The van der Waals surface area contributed by atoms with Crippen LogP contribution in [0, 0.1) is 13.8 Å². The molecule has 8 heteroatoms. The number of carbonyl (C=O) groups excluding carboxylic acids is 2. The van der Waals surface area contributed by atoms with Gasteiger partial charge < -0.3 is 10.2 Å². The van der Waals surface area contributed by atoms with Crippen LogP contribution in [0.1, 0.15) is 56.7 Å². The van der Waals surface area contributed by atoms with Crippen LogP contribution < -0.4 is 9.62 Å². The van der Waals surface area contributed by atoms with E-state index in [4.69, 9.17) is 0 Å². The van der Waals surface area contributed by atoms with E-state index in [2.05, 4.69) is 5.32 Å². The van der Waals surface area contributed by atoms with E-state index in [0.29, 0.717) is 18.7 Å². The number of hydrogen-bond donors (Lipinski definition) is 1. The lowest BCUT2D eigenvalue weighted by molar-refractivity contribution is -0.140. The highest BCUT2D eigenvalue weighted by Gasteiger charge is 2.27. The molecular weight excluding hydrogens is 462 g/mol. The Balaban J connectivity index is 2.15. The fourth-order valence-electron chi connectivity index (χ4n) is 3.65. The molecule has 2 rings (SSSR count). The molecule has 0 aliphatic rings. The van der Waals surface area contributed by atoms with E-state index < -0.39 is 16.1 Å². The standard InChI is InChI=1S/C27H39N3O4S/c1-7-22(4)28-27(32)23(5)29(19-24-14-10-20(2)11-15-24)26(31)9-8-18-30(35(6,33)34)25-16-12-21(3)13-17-25/h10-17,22-23H,7-9,18-19H2,1-6H3,(H,28,32). The Morgan fingerprint density at radius 3 is 2.00 bits per heavy atom. The van der Waals surface area contributed by atoms with Crippen molar-refractivity contribution in [2.75, 3.05) is 17.1 Å². The van der Waals surface area contributed by atoms with Crippen LogP contribution in [0.2, 0.25) is 0 Å². The fourth-order valence-corrected chi connectivity index (χ4v) is 4.62. The number of amides is 2. The topological polar surface area (TPSA) is 86.8 Å². The largest absolute Gasteiger partial charge is 0.352 e. The number of benzene rings is 2. The van der Waals surface area contributed by atoms with E-state index in [-0.39, 0.29) is 30.8 Å². The molecule has 2 amide bonds. The van der Waals surface area contributed by atoms with Crippen LogP contribution in [0.5, 0.6) is 0 Å². The predicted molar refractivity (Wildman–Crippen MR) is 142 cm³/mol. The third-order valence-corrected chi connectivity index (χ3v) is 7.31. The lowest BCUT2D eigenvalue weighted by atomic mass is 10.1. The summed E-state index contributed by atoms with van der Waals surface area (Å²) in [4.78, 5) is 27.7. The first-order chi connectivity index (χ1) is 16.4.